The number of ether oxygens (including phenoxy) is 2. The smallest absolute Gasteiger partial charge is 0.123 e. The van der Waals surface area contributed by atoms with Crippen molar-refractivity contribution in [2.75, 3.05) is 63.1 Å². The molecule has 2 heterocycles. The van der Waals surface area contributed by atoms with E-state index in [1.807, 2.05) is 84.9 Å². The molecule has 0 aliphatic carbocycles. The van der Waals surface area contributed by atoms with E-state index in [1.54, 1.807) is 24.3 Å². The van der Waals surface area contributed by atoms with E-state index in [0.717, 1.165) is 112 Å². The zero-order valence-electron chi connectivity index (χ0n) is 38.6. The maximum atomic E-state index is 13.5. The van der Waals surface area contributed by atoms with Gasteiger partial charge in [0.1, 0.15) is 34.8 Å². The van der Waals surface area contributed by atoms with Crippen LogP contribution in [-0.4, -0.2) is 67.8 Å². The summed E-state index contributed by atoms with van der Waals surface area (Å²) in [6.07, 6.45) is 6.20. The fourth-order valence-corrected chi connectivity index (χ4v) is 8.75. The summed E-state index contributed by atoms with van der Waals surface area (Å²) in [5.74, 6) is 1.70. The van der Waals surface area contributed by atoms with Crippen molar-refractivity contribution >= 4 is 61.0 Å². The van der Waals surface area contributed by atoms with Gasteiger partial charge in [-0.15, -0.1) is 49.6 Å². The van der Waals surface area contributed by atoms with Crippen LogP contribution in [0.1, 0.15) is 61.7 Å². The molecule has 2 atom stereocenters. The molecule has 8 rings (SSSR count). The average Bonchev–Trinajstić information content (AvgIpc) is 3.33. The van der Waals surface area contributed by atoms with Crippen molar-refractivity contribution in [3.8, 4) is 11.5 Å². The van der Waals surface area contributed by atoms with Gasteiger partial charge in [-0.1, -0.05) is 60.7 Å². The Bertz CT molecular complexity index is 2070. The van der Waals surface area contributed by atoms with Gasteiger partial charge in [0, 0.05) is 24.5 Å². The molecule has 0 bridgehead atoms. The molecule has 2 aliphatic rings. The SMILES string of the molecule is Cl.Cl.Cl.Cl.Fc1ccc(NC(c2ccc(F)cc2)C2CCN(CCCOc3ccccc3)CC2)cc1.Fc1ccc(NC(c2ccc(F)cc2)C2CCN(CCCOc3ccccc3)CC2)cc1.O. The van der Waals surface area contributed by atoms with Crippen molar-refractivity contribution in [2.45, 2.75) is 50.6 Å². The Balaban J connectivity index is 0.000000441. The van der Waals surface area contributed by atoms with E-state index in [2.05, 4.69) is 20.4 Å². The zero-order valence-corrected chi connectivity index (χ0v) is 41.8. The Morgan fingerprint density at radius 3 is 1.01 bits per heavy atom. The lowest BCUT2D eigenvalue weighted by Crippen LogP contribution is -2.38. The highest BCUT2D eigenvalue weighted by atomic mass is 35.5. The maximum absolute atomic E-state index is 13.5. The molecule has 0 amide bonds. The number of piperidine rings is 2. The van der Waals surface area contributed by atoms with Crippen molar-refractivity contribution in [3.05, 3.63) is 192 Å². The van der Waals surface area contributed by atoms with Crippen LogP contribution >= 0.6 is 49.6 Å². The number of nitrogens with one attached hydrogen (secondary N) is 2. The monoisotopic (exact) mass is 1030 g/mol. The van der Waals surface area contributed by atoms with Gasteiger partial charge >= 0.3 is 0 Å². The van der Waals surface area contributed by atoms with Crippen molar-refractivity contribution < 1.29 is 32.5 Å². The predicted molar refractivity (Wildman–Crippen MR) is 282 cm³/mol. The van der Waals surface area contributed by atoms with Crippen molar-refractivity contribution in [1.82, 2.24) is 9.80 Å². The summed E-state index contributed by atoms with van der Waals surface area (Å²) >= 11 is 0. The van der Waals surface area contributed by atoms with E-state index in [9.17, 15) is 17.6 Å². The molecule has 69 heavy (non-hydrogen) atoms. The normalized spacial score (nSPS) is 14.8. The number of nitrogens with zero attached hydrogens (tertiary/aromatic N) is 2. The first kappa shape index (κ1) is 60.4. The molecule has 0 aromatic heterocycles. The van der Waals surface area contributed by atoms with Gasteiger partial charge in [-0.2, -0.15) is 0 Å². The molecule has 2 unspecified atom stereocenters. The second-order valence-corrected chi connectivity index (χ2v) is 16.7. The average molecular weight is 1040 g/mol. The van der Waals surface area contributed by atoms with Gasteiger partial charge in [-0.3, -0.25) is 0 Å². The van der Waals surface area contributed by atoms with E-state index < -0.39 is 0 Å². The van der Waals surface area contributed by atoms with Gasteiger partial charge in [0.15, 0.2) is 0 Å². The summed E-state index contributed by atoms with van der Waals surface area (Å²) in [4.78, 5) is 4.98. The number of halogens is 8. The molecular weight excluding hydrogens is 970 g/mol. The van der Waals surface area contributed by atoms with E-state index in [4.69, 9.17) is 9.47 Å². The lowest BCUT2D eigenvalue weighted by Gasteiger charge is -2.37. The largest absolute Gasteiger partial charge is 0.494 e. The first-order valence-corrected chi connectivity index (χ1v) is 22.7. The van der Waals surface area contributed by atoms with Crippen LogP contribution in [0.25, 0.3) is 0 Å². The second kappa shape index (κ2) is 32.2. The summed E-state index contributed by atoms with van der Waals surface area (Å²) < 4.78 is 65.3. The van der Waals surface area contributed by atoms with Gasteiger partial charge in [0.25, 0.3) is 0 Å². The molecule has 2 saturated heterocycles. The van der Waals surface area contributed by atoms with Crippen LogP contribution in [0.4, 0.5) is 28.9 Å². The molecule has 0 radical (unpaired) electrons. The highest BCUT2D eigenvalue weighted by Gasteiger charge is 2.29. The third-order valence-electron chi connectivity index (χ3n) is 12.3. The van der Waals surface area contributed by atoms with E-state index >= 15 is 0 Å². The van der Waals surface area contributed by atoms with Crippen LogP contribution in [0.15, 0.2) is 158 Å². The molecule has 0 saturated carbocycles. The zero-order chi connectivity index (χ0) is 44.4. The summed E-state index contributed by atoms with van der Waals surface area (Å²) in [6.45, 7) is 7.58. The minimum Gasteiger partial charge on any atom is -0.494 e. The number of para-hydroxylation sites is 2. The molecule has 2 fully saturated rings. The Morgan fingerprint density at radius 1 is 0.420 bits per heavy atom. The van der Waals surface area contributed by atoms with Crippen LogP contribution < -0.4 is 20.1 Å². The van der Waals surface area contributed by atoms with Gasteiger partial charge in [0.05, 0.1) is 25.3 Å². The summed E-state index contributed by atoms with van der Waals surface area (Å²) in [5.41, 5.74) is 3.87. The Morgan fingerprint density at radius 2 is 0.710 bits per heavy atom. The standard InChI is InChI=1S/2C27H30F2N2O.4ClH.H2O/c2*28-23-9-7-21(8-10-23)27(30-25-13-11-24(29)12-14-25)22-15-18-31(19-16-22)17-4-20-32-26-5-2-1-3-6-26;;;;;/h2*1-3,5-14,22,27,30H,4,15-20H2;4*1H;1H2. The first-order valence-electron chi connectivity index (χ1n) is 22.7. The molecule has 4 N–H and O–H groups in total. The fraction of sp³-hybridized carbons (Fsp3) is 0.333. The third kappa shape index (κ3) is 19.9. The Kier molecular flexibility index (Phi) is 28.2. The fourth-order valence-electron chi connectivity index (χ4n) is 8.75. The highest BCUT2D eigenvalue weighted by molar-refractivity contribution is 5.86. The van der Waals surface area contributed by atoms with Crippen LogP contribution in [0.5, 0.6) is 11.5 Å². The predicted octanol–water partition coefficient (Wildman–Crippen LogP) is 13.5. The molecule has 2 aliphatic heterocycles. The van der Waals surface area contributed by atoms with Crippen LogP contribution in [0.3, 0.4) is 0 Å². The van der Waals surface area contributed by atoms with Crippen LogP contribution in [-0.2, 0) is 0 Å². The second-order valence-electron chi connectivity index (χ2n) is 16.7. The number of likely N-dealkylation sites (tertiary alicyclic amines) is 2. The Labute approximate surface area is 430 Å². The molecule has 15 heteroatoms. The van der Waals surface area contributed by atoms with E-state index in [1.165, 1.54) is 48.5 Å². The Hall–Kier alpha value is -4.72. The molecule has 376 valence electrons. The van der Waals surface area contributed by atoms with Crippen molar-refractivity contribution in [1.29, 1.82) is 0 Å². The summed E-state index contributed by atoms with van der Waals surface area (Å²) in [7, 11) is 0. The maximum Gasteiger partial charge on any atom is 0.123 e. The number of benzene rings is 6. The summed E-state index contributed by atoms with van der Waals surface area (Å²) in [6, 6.07) is 46.3. The highest BCUT2D eigenvalue weighted by Crippen LogP contribution is 2.36. The van der Waals surface area contributed by atoms with Gasteiger partial charge < -0.3 is 35.4 Å². The topological polar surface area (TPSA) is 80.5 Å². The van der Waals surface area contributed by atoms with Gasteiger partial charge in [-0.05, 0) is 185 Å². The minimum atomic E-state index is -0.251. The van der Waals surface area contributed by atoms with Crippen LogP contribution in [0, 0.1) is 35.1 Å². The number of hydrogen-bond acceptors (Lipinski definition) is 6. The summed E-state index contributed by atoms with van der Waals surface area (Å²) in [5, 5.41) is 7.14. The lowest BCUT2D eigenvalue weighted by molar-refractivity contribution is 0.161. The minimum absolute atomic E-state index is 0. The number of rotatable bonds is 18. The van der Waals surface area contributed by atoms with Crippen molar-refractivity contribution in [3.63, 3.8) is 0 Å². The molecular formula is C54H66Cl4F4N4O3. The molecule has 6 aromatic carbocycles. The first-order chi connectivity index (χ1) is 31.3. The molecule has 7 nitrogen and oxygen atoms in total. The van der Waals surface area contributed by atoms with Crippen molar-refractivity contribution in [2.24, 2.45) is 11.8 Å². The quantitative estimate of drug-likeness (QED) is 0.0659. The van der Waals surface area contributed by atoms with E-state index in [0.29, 0.717) is 25.0 Å². The van der Waals surface area contributed by atoms with Gasteiger partial charge in [-0.25, -0.2) is 17.6 Å². The lowest BCUT2D eigenvalue weighted by atomic mass is 9.85. The third-order valence-corrected chi connectivity index (χ3v) is 12.3. The molecule has 6 aromatic rings. The van der Waals surface area contributed by atoms with Gasteiger partial charge in [0.2, 0.25) is 0 Å². The molecule has 0 spiro atoms. The number of hydrogen-bond donors (Lipinski definition) is 2. The number of anilines is 2. The van der Waals surface area contributed by atoms with E-state index in [-0.39, 0.29) is 90.5 Å². The van der Waals surface area contributed by atoms with Crippen LogP contribution in [0.2, 0.25) is 0 Å².